The second-order valence-electron chi connectivity index (χ2n) is 3.77. The SMILES string of the molecule is CSc1ccc(OCc2c(N)cccc2F)cc1. The summed E-state index contributed by atoms with van der Waals surface area (Å²) in [6.07, 6.45) is 2.01. The molecule has 2 aromatic carbocycles. The van der Waals surface area contributed by atoms with Crippen molar-refractivity contribution >= 4 is 17.4 Å². The van der Waals surface area contributed by atoms with Crippen LogP contribution in [0.3, 0.4) is 0 Å². The van der Waals surface area contributed by atoms with Gasteiger partial charge < -0.3 is 10.5 Å². The standard InChI is InChI=1S/C14H14FNOS/c1-18-11-7-5-10(6-8-11)17-9-12-13(15)3-2-4-14(12)16/h2-8H,9,16H2,1H3. The molecule has 94 valence electrons. The summed E-state index contributed by atoms with van der Waals surface area (Å²) in [4.78, 5) is 1.16. The highest BCUT2D eigenvalue weighted by molar-refractivity contribution is 7.98. The fraction of sp³-hybridized carbons (Fsp3) is 0.143. The van der Waals surface area contributed by atoms with Crippen molar-refractivity contribution in [3.63, 3.8) is 0 Å². The lowest BCUT2D eigenvalue weighted by molar-refractivity contribution is 0.300. The predicted octanol–water partition coefficient (Wildman–Crippen LogP) is 3.71. The molecule has 0 atom stereocenters. The van der Waals surface area contributed by atoms with Crippen molar-refractivity contribution < 1.29 is 9.13 Å². The number of hydrogen-bond donors (Lipinski definition) is 1. The van der Waals surface area contributed by atoms with Crippen molar-refractivity contribution in [2.45, 2.75) is 11.5 Å². The molecule has 0 bridgehead atoms. The van der Waals surface area contributed by atoms with E-state index >= 15 is 0 Å². The Kier molecular flexibility index (Phi) is 4.10. The number of nitrogens with two attached hydrogens (primary N) is 1. The van der Waals surface area contributed by atoms with E-state index in [1.54, 1.807) is 23.9 Å². The monoisotopic (exact) mass is 263 g/mol. The molecule has 4 heteroatoms. The van der Waals surface area contributed by atoms with Crippen LogP contribution in [0.2, 0.25) is 0 Å². The molecule has 0 saturated carbocycles. The zero-order chi connectivity index (χ0) is 13.0. The molecule has 0 spiro atoms. The van der Waals surface area contributed by atoms with Crippen LogP contribution in [-0.4, -0.2) is 6.26 Å². The number of benzene rings is 2. The van der Waals surface area contributed by atoms with Crippen LogP contribution in [0.4, 0.5) is 10.1 Å². The Balaban J connectivity index is 2.06. The van der Waals surface area contributed by atoms with Crippen LogP contribution < -0.4 is 10.5 Å². The first-order valence-electron chi connectivity index (χ1n) is 5.50. The molecule has 0 fully saturated rings. The average molecular weight is 263 g/mol. The molecule has 0 amide bonds. The van der Waals surface area contributed by atoms with Crippen molar-refractivity contribution in [1.82, 2.24) is 0 Å². The normalized spacial score (nSPS) is 10.3. The van der Waals surface area contributed by atoms with Gasteiger partial charge in [-0.3, -0.25) is 0 Å². The minimum Gasteiger partial charge on any atom is -0.489 e. The fourth-order valence-electron chi connectivity index (χ4n) is 1.56. The number of halogens is 1. The molecule has 0 unspecified atom stereocenters. The Labute approximate surface area is 110 Å². The van der Waals surface area contributed by atoms with Gasteiger partial charge in [-0.2, -0.15) is 0 Å². The Hall–Kier alpha value is -1.68. The molecule has 2 aromatic rings. The number of anilines is 1. The highest BCUT2D eigenvalue weighted by Crippen LogP contribution is 2.22. The minimum atomic E-state index is -0.337. The van der Waals surface area contributed by atoms with Gasteiger partial charge in [-0.05, 0) is 42.7 Å². The maximum absolute atomic E-state index is 13.5. The van der Waals surface area contributed by atoms with Gasteiger partial charge in [0.05, 0.1) is 0 Å². The van der Waals surface area contributed by atoms with Gasteiger partial charge in [0.2, 0.25) is 0 Å². The maximum atomic E-state index is 13.5. The van der Waals surface area contributed by atoms with E-state index in [2.05, 4.69) is 0 Å². The molecule has 0 aliphatic heterocycles. The van der Waals surface area contributed by atoms with Crippen molar-refractivity contribution in [2.24, 2.45) is 0 Å². The van der Waals surface area contributed by atoms with E-state index in [1.165, 1.54) is 6.07 Å². The zero-order valence-corrected chi connectivity index (χ0v) is 10.8. The molecule has 2 nitrogen and oxygen atoms in total. The molecule has 0 heterocycles. The van der Waals surface area contributed by atoms with Gasteiger partial charge in [0.1, 0.15) is 18.2 Å². The largest absolute Gasteiger partial charge is 0.489 e. The van der Waals surface area contributed by atoms with Crippen LogP contribution in [0.15, 0.2) is 47.4 Å². The van der Waals surface area contributed by atoms with E-state index in [0.29, 0.717) is 17.0 Å². The summed E-state index contributed by atoms with van der Waals surface area (Å²) in [5.41, 5.74) is 6.52. The fourth-order valence-corrected chi connectivity index (χ4v) is 1.96. The van der Waals surface area contributed by atoms with Gasteiger partial charge in [-0.1, -0.05) is 6.07 Å². The number of nitrogen functional groups attached to an aromatic ring is 1. The quantitative estimate of drug-likeness (QED) is 0.674. The molecule has 2 rings (SSSR count). The topological polar surface area (TPSA) is 35.2 Å². The van der Waals surface area contributed by atoms with E-state index in [1.807, 2.05) is 30.5 Å². The van der Waals surface area contributed by atoms with Gasteiger partial charge in [0.15, 0.2) is 0 Å². The first-order valence-corrected chi connectivity index (χ1v) is 6.73. The van der Waals surface area contributed by atoms with Gasteiger partial charge in [-0.15, -0.1) is 11.8 Å². The van der Waals surface area contributed by atoms with Crippen molar-refractivity contribution in [2.75, 3.05) is 12.0 Å². The highest BCUT2D eigenvalue weighted by atomic mass is 32.2. The van der Waals surface area contributed by atoms with E-state index in [9.17, 15) is 4.39 Å². The molecule has 0 radical (unpaired) electrons. The van der Waals surface area contributed by atoms with E-state index in [0.717, 1.165) is 4.90 Å². The summed E-state index contributed by atoms with van der Waals surface area (Å²) in [6.45, 7) is 0.136. The van der Waals surface area contributed by atoms with Gasteiger partial charge >= 0.3 is 0 Å². The van der Waals surface area contributed by atoms with Crippen molar-refractivity contribution in [3.05, 3.63) is 53.8 Å². The third kappa shape index (κ3) is 2.96. The first-order chi connectivity index (χ1) is 8.70. The Morgan fingerprint density at radius 1 is 1.17 bits per heavy atom. The summed E-state index contributed by atoms with van der Waals surface area (Å²) in [5, 5.41) is 0. The molecule has 0 saturated heterocycles. The second kappa shape index (κ2) is 5.78. The van der Waals surface area contributed by atoms with E-state index < -0.39 is 0 Å². The Morgan fingerprint density at radius 3 is 2.50 bits per heavy atom. The molecule has 0 aliphatic carbocycles. The second-order valence-corrected chi connectivity index (χ2v) is 4.65. The van der Waals surface area contributed by atoms with Crippen LogP contribution in [0, 0.1) is 5.82 Å². The highest BCUT2D eigenvalue weighted by Gasteiger charge is 2.06. The lowest BCUT2D eigenvalue weighted by Crippen LogP contribution is -2.03. The van der Waals surface area contributed by atoms with E-state index in [4.69, 9.17) is 10.5 Å². The number of hydrogen-bond acceptors (Lipinski definition) is 3. The van der Waals surface area contributed by atoms with Crippen LogP contribution in [0.1, 0.15) is 5.56 Å². The number of rotatable bonds is 4. The van der Waals surface area contributed by atoms with Gasteiger partial charge in [0, 0.05) is 16.1 Å². The van der Waals surface area contributed by atoms with Crippen molar-refractivity contribution in [1.29, 1.82) is 0 Å². The predicted molar refractivity (Wildman–Crippen MR) is 73.4 cm³/mol. The molecule has 2 N–H and O–H groups in total. The van der Waals surface area contributed by atoms with Crippen LogP contribution >= 0.6 is 11.8 Å². The zero-order valence-electron chi connectivity index (χ0n) is 10.0. The summed E-state index contributed by atoms with van der Waals surface area (Å²) < 4.78 is 19.0. The molecule has 0 aliphatic rings. The Bertz CT molecular complexity index is 508. The van der Waals surface area contributed by atoms with Crippen LogP contribution in [0.25, 0.3) is 0 Å². The third-order valence-corrected chi connectivity index (χ3v) is 3.34. The lowest BCUT2D eigenvalue weighted by atomic mass is 10.2. The van der Waals surface area contributed by atoms with Crippen molar-refractivity contribution in [3.8, 4) is 5.75 Å². The summed E-state index contributed by atoms with van der Waals surface area (Å²) in [7, 11) is 0. The van der Waals surface area contributed by atoms with Gasteiger partial charge in [-0.25, -0.2) is 4.39 Å². The van der Waals surface area contributed by atoms with E-state index in [-0.39, 0.29) is 12.4 Å². The summed E-state index contributed by atoms with van der Waals surface area (Å²) in [6, 6.07) is 12.3. The lowest BCUT2D eigenvalue weighted by Gasteiger charge is -2.09. The van der Waals surface area contributed by atoms with Crippen LogP contribution in [-0.2, 0) is 6.61 Å². The molecular formula is C14H14FNOS. The average Bonchev–Trinajstić information content (AvgIpc) is 2.39. The molecule has 0 aromatic heterocycles. The summed E-state index contributed by atoms with van der Waals surface area (Å²) >= 11 is 1.66. The summed E-state index contributed by atoms with van der Waals surface area (Å²) in [5.74, 6) is 0.367. The Morgan fingerprint density at radius 2 is 1.89 bits per heavy atom. The minimum absolute atomic E-state index is 0.136. The molecular weight excluding hydrogens is 249 g/mol. The molecule has 18 heavy (non-hydrogen) atoms. The maximum Gasteiger partial charge on any atom is 0.131 e. The van der Waals surface area contributed by atoms with Gasteiger partial charge in [0.25, 0.3) is 0 Å². The number of ether oxygens (including phenoxy) is 1. The third-order valence-electron chi connectivity index (χ3n) is 2.60. The number of thioether (sulfide) groups is 1. The smallest absolute Gasteiger partial charge is 0.131 e. The van der Waals surface area contributed by atoms with Crippen LogP contribution in [0.5, 0.6) is 5.75 Å². The first kappa shape index (κ1) is 12.8.